The summed E-state index contributed by atoms with van der Waals surface area (Å²) in [6.45, 7) is 1.49. The molecule has 0 fully saturated rings. The maximum absolute atomic E-state index is 12.6. The van der Waals surface area contributed by atoms with Crippen molar-refractivity contribution in [3.8, 4) is 0 Å². The van der Waals surface area contributed by atoms with E-state index < -0.39 is 17.6 Å². The largest absolute Gasteiger partial charge is 0.475 e. The maximum atomic E-state index is 12.6. The lowest BCUT2D eigenvalue weighted by molar-refractivity contribution is -0.131. The van der Waals surface area contributed by atoms with Crippen LogP contribution in [0.2, 0.25) is 0 Å². The number of rotatable bonds is 2. The van der Waals surface area contributed by atoms with Crippen molar-refractivity contribution in [2.75, 3.05) is 0 Å². The number of aliphatic carboxylic acids is 1. The molecule has 3 nitrogen and oxygen atoms in total. The Morgan fingerprint density at radius 1 is 1.38 bits per heavy atom. The average Bonchev–Trinajstić information content (AvgIpc) is 2.03. The lowest BCUT2D eigenvalue weighted by Crippen LogP contribution is -2.14. The van der Waals surface area contributed by atoms with Crippen LogP contribution in [0.4, 0.5) is 4.39 Å². The molecule has 68 valence electrons. The van der Waals surface area contributed by atoms with Gasteiger partial charge in [0.25, 0.3) is 5.78 Å². The minimum absolute atomic E-state index is 0.0221. The van der Waals surface area contributed by atoms with Gasteiger partial charge in [-0.3, -0.25) is 4.79 Å². The van der Waals surface area contributed by atoms with Gasteiger partial charge in [0.2, 0.25) is 0 Å². The SMILES string of the molecule is Cc1cc(F)ccc1C(=O)C(=O)O. The summed E-state index contributed by atoms with van der Waals surface area (Å²) in [6, 6.07) is 3.35. The molecule has 0 spiro atoms. The Morgan fingerprint density at radius 3 is 2.46 bits per heavy atom. The zero-order valence-corrected chi connectivity index (χ0v) is 6.87. The summed E-state index contributed by atoms with van der Waals surface area (Å²) in [5.74, 6) is -3.04. The van der Waals surface area contributed by atoms with Crippen LogP contribution in [0.15, 0.2) is 18.2 Å². The molecule has 0 saturated heterocycles. The van der Waals surface area contributed by atoms with E-state index in [-0.39, 0.29) is 5.56 Å². The molecule has 1 rings (SSSR count). The second-order valence-corrected chi connectivity index (χ2v) is 2.59. The topological polar surface area (TPSA) is 54.4 Å². The Balaban J connectivity index is 3.16. The molecule has 4 heteroatoms. The predicted molar refractivity (Wildman–Crippen MR) is 43.1 cm³/mol. The number of carboxylic acids is 1. The van der Waals surface area contributed by atoms with Crippen molar-refractivity contribution in [2.45, 2.75) is 6.92 Å². The number of carboxylic acid groups (broad SMARTS) is 1. The monoisotopic (exact) mass is 182 g/mol. The lowest BCUT2D eigenvalue weighted by Gasteiger charge is -2.00. The molecule has 0 amide bonds. The number of hydrogen-bond acceptors (Lipinski definition) is 2. The molecule has 0 aliphatic heterocycles. The molecule has 0 heterocycles. The van der Waals surface area contributed by atoms with Crippen molar-refractivity contribution in [1.29, 1.82) is 0 Å². The Labute approximate surface area is 73.8 Å². The molecule has 0 aromatic heterocycles. The van der Waals surface area contributed by atoms with Crippen LogP contribution >= 0.6 is 0 Å². The van der Waals surface area contributed by atoms with Crippen molar-refractivity contribution in [3.05, 3.63) is 35.1 Å². The predicted octanol–water partition coefficient (Wildman–Crippen LogP) is 1.40. The van der Waals surface area contributed by atoms with Gasteiger partial charge < -0.3 is 5.11 Å². The Kier molecular flexibility index (Phi) is 2.41. The van der Waals surface area contributed by atoms with Gasteiger partial charge >= 0.3 is 5.97 Å². The second-order valence-electron chi connectivity index (χ2n) is 2.59. The van der Waals surface area contributed by atoms with E-state index in [2.05, 4.69) is 0 Å². The number of hydrogen-bond donors (Lipinski definition) is 1. The van der Waals surface area contributed by atoms with Gasteiger partial charge in [-0.1, -0.05) is 0 Å². The van der Waals surface area contributed by atoms with Crippen LogP contribution in [0.25, 0.3) is 0 Å². The number of aryl methyl sites for hydroxylation is 1. The summed E-state index contributed by atoms with van der Waals surface area (Å²) < 4.78 is 12.6. The van der Waals surface area contributed by atoms with Crippen molar-refractivity contribution in [2.24, 2.45) is 0 Å². The fourth-order valence-corrected chi connectivity index (χ4v) is 0.997. The molecule has 1 N–H and O–H groups in total. The van der Waals surface area contributed by atoms with Crippen molar-refractivity contribution < 1.29 is 19.1 Å². The summed E-state index contributed by atoms with van der Waals surface area (Å²) in [6.07, 6.45) is 0. The van der Waals surface area contributed by atoms with Crippen molar-refractivity contribution in [1.82, 2.24) is 0 Å². The van der Waals surface area contributed by atoms with Gasteiger partial charge in [-0.05, 0) is 30.7 Å². The molecule has 0 saturated carbocycles. The summed E-state index contributed by atoms with van der Waals surface area (Å²) in [7, 11) is 0. The van der Waals surface area contributed by atoms with Crippen LogP contribution in [0, 0.1) is 12.7 Å². The fourth-order valence-electron chi connectivity index (χ4n) is 0.997. The van der Waals surface area contributed by atoms with Crippen molar-refractivity contribution >= 4 is 11.8 Å². The summed E-state index contributed by atoms with van der Waals surface area (Å²) in [4.78, 5) is 21.2. The first-order valence-electron chi connectivity index (χ1n) is 3.56. The van der Waals surface area contributed by atoms with Gasteiger partial charge in [0.1, 0.15) is 5.82 Å². The molecule has 1 aromatic carbocycles. The number of Topliss-reactive ketones (excluding diaryl/α,β-unsaturated/α-hetero) is 1. The molecule has 1 aromatic rings. The third-order valence-corrected chi connectivity index (χ3v) is 1.63. The molecule has 0 radical (unpaired) electrons. The molecular formula is C9H7FO3. The van der Waals surface area contributed by atoms with Gasteiger partial charge in [-0.2, -0.15) is 0 Å². The van der Waals surface area contributed by atoms with Crippen LogP contribution in [-0.2, 0) is 4.79 Å². The average molecular weight is 182 g/mol. The van der Waals surface area contributed by atoms with Crippen LogP contribution in [0.3, 0.4) is 0 Å². The first-order valence-corrected chi connectivity index (χ1v) is 3.56. The summed E-state index contributed by atoms with van der Waals surface area (Å²) in [5.41, 5.74) is 0.348. The van der Waals surface area contributed by atoms with Gasteiger partial charge in [-0.25, -0.2) is 9.18 Å². The van der Waals surface area contributed by atoms with Crippen LogP contribution < -0.4 is 0 Å². The van der Waals surface area contributed by atoms with E-state index >= 15 is 0 Å². The Morgan fingerprint density at radius 2 is 2.00 bits per heavy atom. The molecule has 0 bridgehead atoms. The minimum Gasteiger partial charge on any atom is -0.475 e. The number of halogens is 1. The maximum Gasteiger partial charge on any atom is 0.377 e. The standard InChI is InChI=1S/C9H7FO3/c1-5-4-6(10)2-3-7(5)8(11)9(12)13/h2-4H,1H3,(H,12,13). The van der Waals surface area contributed by atoms with Crippen molar-refractivity contribution in [3.63, 3.8) is 0 Å². The smallest absolute Gasteiger partial charge is 0.377 e. The number of ketones is 1. The number of benzene rings is 1. The first-order chi connectivity index (χ1) is 6.02. The van der Waals surface area contributed by atoms with Gasteiger partial charge in [-0.15, -0.1) is 0 Å². The van der Waals surface area contributed by atoms with Crippen LogP contribution in [-0.4, -0.2) is 16.9 Å². The zero-order valence-electron chi connectivity index (χ0n) is 6.87. The summed E-state index contributed by atoms with van der Waals surface area (Å²) in [5, 5.41) is 8.39. The van der Waals surface area contributed by atoms with E-state index in [9.17, 15) is 14.0 Å². The highest BCUT2D eigenvalue weighted by Crippen LogP contribution is 2.10. The van der Waals surface area contributed by atoms with Gasteiger partial charge in [0, 0.05) is 5.56 Å². The van der Waals surface area contributed by atoms with Crippen LogP contribution in [0.5, 0.6) is 0 Å². The third-order valence-electron chi connectivity index (χ3n) is 1.63. The van der Waals surface area contributed by atoms with Gasteiger partial charge in [0.15, 0.2) is 0 Å². The van der Waals surface area contributed by atoms with E-state index in [4.69, 9.17) is 5.11 Å². The molecule has 0 atom stereocenters. The lowest BCUT2D eigenvalue weighted by atomic mass is 10.1. The molecule has 0 aliphatic rings. The summed E-state index contributed by atoms with van der Waals surface area (Å²) >= 11 is 0. The molecule has 13 heavy (non-hydrogen) atoms. The Bertz CT molecular complexity index is 371. The molecular weight excluding hydrogens is 175 g/mol. The second kappa shape index (κ2) is 3.35. The van der Waals surface area contributed by atoms with E-state index in [0.717, 1.165) is 12.1 Å². The minimum atomic E-state index is -1.53. The van der Waals surface area contributed by atoms with E-state index in [1.54, 1.807) is 0 Å². The number of carbonyl (C=O) groups is 2. The highest BCUT2D eigenvalue weighted by Gasteiger charge is 2.16. The highest BCUT2D eigenvalue weighted by molar-refractivity contribution is 6.40. The third kappa shape index (κ3) is 1.90. The fraction of sp³-hybridized carbons (Fsp3) is 0.111. The van der Waals surface area contributed by atoms with E-state index in [1.807, 2.05) is 0 Å². The van der Waals surface area contributed by atoms with Gasteiger partial charge in [0.05, 0.1) is 0 Å². The Hall–Kier alpha value is -1.71. The number of carbonyl (C=O) groups excluding carboxylic acids is 1. The highest BCUT2D eigenvalue weighted by atomic mass is 19.1. The van der Waals surface area contributed by atoms with E-state index in [0.29, 0.717) is 5.56 Å². The first kappa shape index (κ1) is 9.38. The zero-order chi connectivity index (χ0) is 10.0. The van der Waals surface area contributed by atoms with E-state index in [1.165, 1.54) is 13.0 Å². The molecule has 0 aliphatic carbocycles. The van der Waals surface area contributed by atoms with Crippen LogP contribution in [0.1, 0.15) is 15.9 Å². The molecule has 0 unspecified atom stereocenters. The quantitative estimate of drug-likeness (QED) is 0.555. The normalized spacial score (nSPS) is 9.69.